The fourth-order valence-corrected chi connectivity index (χ4v) is 7.42. The number of amides is 3. The van der Waals surface area contributed by atoms with Crippen molar-refractivity contribution in [2.45, 2.75) is 22.6 Å². The number of fused-ring (bicyclic) bond motifs is 5. The van der Waals surface area contributed by atoms with Crippen molar-refractivity contribution in [3.05, 3.63) is 75.6 Å². The third-order valence-corrected chi connectivity index (χ3v) is 10.3. The second kappa shape index (κ2) is 8.53. The number of carbonyl (C=O) groups excluding carboxylic acids is 3. The first-order chi connectivity index (χ1) is 16.2. The van der Waals surface area contributed by atoms with E-state index >= 15 is 0 Å². The number of para-hydroxylation sites is 1. The Kier molecular flexibility index (Phi) is 5.79. The molecule has 0 radical (unpaired) electrons. The Morgan fingerprint density at radius 1 is 1.03 bits per heavy atom. The number of hydrazine groups is 1. The molecule has 1 heterocycles. The summed E-state index contributed by atoms with van der Waals surface area (Å²) >= 11 is 7.24. The molecule has 2 bridgehead atoms. The van der Waals surface area contributed by atoms with E-state index in [-0.39, 0.29) is 32.6 Å². The fourth-order valence-electron chi connectivity index (χ4n) is 5.55. The molecular weight excluding hydrogens is 577 g/mol. The molecular formula is C23H18Br2FN3O5. The van der Waals surface area contributed by atoms with E-state index in [0.29, 0.717) is 6.42 Å². The van der Waals surface area contributed by atoms with E-state index in [9.17, 15) is 28.9 Å². The van der Waals surface area contributed by atoms with Crippen LogP contribution in [0.5, 0.6) is 0 Å². The van der Waals surface area contributed by atoms with Crippen LogP contribution in [-0.4, -0.2) is 42.3 Å². The molecule has 0 N–H and O–H groups in total. The number of imide groups is 1. The van der Waals surface area contributed by atoms with Gasteiger partial charge in [-0.05, 0) is 30.4 Å². The summed E-state index contributed by atoms with van der Waals surface area (Å²) in [4.78, 5) is 51.6. The zero-order valence-electron chi connectivity index (χ0n) is 17.5. The van der Waals surface area contributed by atoms with Gasteiger partial charge in [0, 0.05) is 21.3 Å². The number of alkyl halides is 2. The summed E-state index contributed by atoms with van der Waals surface area (Å²) in [6, 6.07) is 11.0. The lowest BCUT2D eigenvalue weighted by atomic mass is 9.81. The molecule has 1 aliphatic heterocycles. The Labute approximate surface area is 210 Å². The highest BCUT2D eigenvalue weighted by atomic mass is 79.9. The third-order valence-electron chi connectivity index (χ3n) is 7.05. The highest BCUT2D eigenvalue weighted by Crippen LogP contribution is 2.60. The predicted octanol–water partition coefficient (Wildman–Crippen LogP) is 4.07. The second-order valence-corrected chi connectivity index (χ2v) is 10.8. The molecule has 2 aromatic carbocycles. The Bertz CT molecular complexity index is 1190. The largest absolute Gasteiger partial charge is 0.282 e. The first kappa shape index (κ1) is 23.1. The molecule has 0 aromatic heterocycles. The number of hydrogen-bond acceptors (Lipinski definition) is 5. The van der Waals surface area contributed by atoms with Crippen LogP contribution in [0, 0.1) is 39.6 Å². The van der Waals surface area contributed by atoms with Crippen molar-refractivity contribution in [2.75, 3.05) is 0 Å². The average molecular weight is 595 g/mol. The molecule has 2 aliphatic carbocycles. The van der Waals surface area contributed by atoms with Gasteiger partial charge in [0.05, 0.1) is 23.3 Å². The topological polar surface area (TPSA) is 101 Å². The standard InChI is InChI=1S/C23H18Br2FN3O5/c24-19-13-9-14(20(19)25)18-17(13)22(31)28(23(18)32)27(10-11-5-1-3-7-15(11)26)21(30)12-6-2-4-8-16(12)29(33)34/h1-8,13-14,17-20H,9-10H2/t13-,14-,17-,18+,19-,20+/m1/s1. The zero-order valence-corrected chi connectivity index (χ0v) is 20.7. The maximum Gasteiger partial charge on any atom is 0.282 e. The summed E-state index contributed by atoms with van der Waals surface area (Å²) < 4.78 is 14.5. The first-order valence-corrected chi connectivity index (χ1v) is 12.5. The predicted molar refractivity (Wildman–Crippen MR) is 125 cm³/mol. The number of nitrogens with zero attached hydrogens (tertiary/aromatic N) is 3. The van der Waals surface area contributed by atoms with Gasteiger partial charge in [0.15, 0.2) is 0 Å². The van der Waals surface area contributed by atoms with Crippen LogP contribution in [0.25, 0.3) is 0 Å². The lowest BCUT2D eigenvalue weighted by molar-refractivity contribution is -0.385. The molecule has 3 fully saturated rings. The molecule has 6 atom stereocenters. The Morgan fingerprint density at radius 2 is 1.59 bits per heavy atom. The maximum absolute atomic E-state index is 14.5. The number of hydrogen-bond donors (Lipinski definition) is 0. The molecule has 3 aliphatic rings. The Balaban J connectivity index is 1.58. The molecule has 3 amide bonds. The summed E-state index contributed by atoms with van der Waals surface area (Å²) in [7, 11) is 0. The number of rotatable bonds is 5. The molecule has 34 heavy (non-hydrogen) atoms. The SMILES string of the molecule is O=C(c1ccccc1[N+](=O)[O-])N(Cc1ccccc1F)N1C(=O)[C@@H]2[C@H]3C[C@@H]([C@H](Br)[C@@H]3Br)[C@@H]2C1=O. The number of carbonyl (C=O) groups is 3. The van der Waals surface area contributed by atoms with Crippen LogP contribution < -0.4 is 0 Å². The molecule has 1 saturated heterocycles. The summed E-state index contributed by atoms with van der Waals surface area (Å²) in [5, 5.41) is 13.2. The molecule has 8 nitrogen and oxygen atoms in total. The van der Waals surface area contributed by atoms with Crippen LogP contribution in [0.2, 0.25) is 0 Å². The van der Waals surface area contributed by atoms with Crippen LogP contribution in [0.1, 0.15) is 22.3 Å². The lowest BCUT2D eigenvalue weighted by Gasteiger charge is -2.31. The lowest BCUT2D eigenvalue weighted by Crippen LogP contribution is -2.50. The number of nitro benzene ring substituents is 1. The monoisotopic (exact) mass is 593 g/mol. The van der Waals surface area contributed by atoms with Crippen molar-refractivity contribution in [3.63, 3.8) is 0 Å². The summed E-state index contributed by atoms with van der Waals surface area (Å²) in [6.07, 6.45) is 0.706. The number of benzene rings is 2. The summed E-state index contributed by atoms with van der Waals surface area (Å²) in [5.74, 6) is -3.98. The van der Waals surface area contributed by atoms with Gasteiger partial charge in [0.1, 0.15) is 11.4 Å². The average Bonchev–Trinajstić information content (AvgIpc) is 3.43. The van der Waals surface area contributed by atoms with Gasteiger partial charge in [0.25, 0.3) is 23.4 Å². The fraction of sp³-hybridized carbons (Fsp3) is 0.348. The minimum absolute atomic E-state index is 0.00128. The highest BCUT2D eigenvalue weighted by molar-refractivity contribution is 9.12. The van der Waals surface area contributed by atoms with Crippen LogP contribution in [0.3, 0.4) is 0 Å². The number of nitro groups is 1. The second-order valence-electron chi connectivity index (χ2n) is 8.72. The summed E-state index contributed by atoms with van der Waals surface area (Å²) in [6.45, 7) is -0.431. The van der Waals surface area contributed by atoms with Crippen LogP contribution in [0.4, 0.5) is 10.1 Å². The quantitative estimate of drug-likeness (QED) is 0.225. The molecule has 11 heteroatoms. The van der Waals surface area contributed by atoms with Gasteiger partial charge < -0.3 is 0 Å². The molecule has 0 unspecified atom stereocenters. The van der Waals surface area contributed by atoms with E-state index in [1.807, 2.05) is 0 Å². The van der Waals surface area contributed by atoms with Gasteiger partial charge in [0.2, 0.25) is 0 Å². The molecule has 2 aromatic rings. The van der Waals surface area contributed by atoms with Gasteiger partial charge in [-0.2, -0.15) is 5.01 Å². The Hall–Kier alpha value is -2.66. The van der Waals surface area contributed by atoms with Crippen molar-refractivity contribution in [3.8, 4) is 0 Å². The van der Waals surface area contributed by atoms with Crippen molar-refractivity contribution < 1.29 is 23.7 Å². The normalized spacial score (nSPS) is 29.4. The highest BCUT2D eigenvalue weighted by Gasteiger charge is 2.67. The van der Waals surface area contributed by atoms with Gasteiger partial charge in [-0.25, -0.2) is 9.40 Å². The van der Waals surface area contributed by atoms with Gasteiger partial charge in [-0.3, -0.25) is 24.5 Å². The van der Waals surface area contributed by atoms with Crippen LogP contribution in [-0.2, 0) is 16.1 Å². The summed E-state index contributed by atoms with van der Waals surface area (Å²) in [5.41, 5.74) is -0.681. The maximum atomic E-state index is 14.5. The molecule has 0 spiro atoms. The van der Waals surface area contributed by atoms with Crippen molar-refractivity contribution in [1.29, 1.82) is 0 Å². The molecule has 176 valence electrons. The van der Waals surface area contributed by atoms with E-state index in [2.05, 4.69) is 31.9 Å². The van der Waals surface area contributed by atoms with E-state index in [4.69, 9.17) is 0 Å². The minimum Gasteiger partial charge on any atom is -0.272 e. The smallest absolute Gasteiger partial charge is 0.272 e. The van der Waals surface area contributed by atoms with Gasteiger partial charge >= 0.3 is 0 Å². The third kappa shape index (κ3) is 3.39. The van der Waals surface area contributed by atoms with Gasteiger partial charge in [-0.1, -0.05) is 62.2 Å². The van der Waals surface area contributed by atoms with Crippen molar-refractivity contribution in [1.82, 2.24) is 10.0 Å². The van der Waals surface area contributed by atoms with E-state index < -0.39 is 52.5 Å². The van der Waals surface area contributed by atoms with Crippen LogP contribution >= 0.6 is 31.9 Å². The van der Waals surface area contributed by atoms with Crippen molar-refractivity contribution >= 4 is 55.3 Å². The first-order valence-electron chi connectivity index (χ1n) is 10.7. The van der Waals surface area contributed by atoms with E-state index in [0.717, 1.165) is 10.0 Å². The number of halogens is 3. The minimum atomic E-state index is -0.921. The molecule has 2 saturated carbocycles. The van der Waals surface area contributed by atoms with E-state index in [1.54, 1.807) is 6.07 Å². The van der Waals surface area contributed by atoms with Gasteiger partial charge in [-0.15, -0.1) is 0 Å². The van der Waals surface area contributed by atoms with Crippen LogP contribution in [0.15, 0.2) is 48.5 Å². The van der Waals surface area contributed by atoms with E-state index in [1.165, 1.54) is 42.5 Å². The zero-order chi connectivity index (χ0) is 24.3. The Morgan fingerprint density at radius 3 is 2.18 bits per heavy atom. The molecule has 5 rings (SSSR count). The van der Waals surface area contributed by atoms with Crippen molar-refractivity contribution in [2.24, 2.45) is 23.7 Å².